The van der Waals surface area contributed by atoms with Crippen molar-refractivity contribution >= 4 is 34.2 Å². The van der Waals surface area contributed by atoms with Crippen molar-refractivity contribution in [2.45, 2.75) is 0 Å². The van der Waals surface area contributed by atoms with Crippen LogP contribution >= 0.6 is 11.6 Å². The Morgan fingerprint density at radius 3 is 2.52 bits per heavy atom. The van der Waals surface area contributed by atoms with Gasteiger partial charge in [0.25, 0.3) is 5.91 Å². The molecule has 0 radical (unpaired) electrons. The van der Waals surface area contributed by atoms with E-state index in [9.17, 15) is 4.79 Å². The van der Waals surface area contributed by atoms with Crippen molar-refractivity contribution in [3.8, 4) is 0 Å². The first-order chi connectivity index (χ1) is 12.2. The van der Waals surface area contributed by atoms with Crippen molar-refractivity contribution in [1.29, 1.82) is 0 Å². The van der Waals surface area contributed by atoms with Crippen LogP contribution in [0.2, 0.25) is 5.02 Å². The van der Waals surface area contributed by atoms with Gasteiger partial charge in [0.1, 0.15) is 5.82 Å². The minimum Gasteiger partial charge on any atom is -0.353 e. The molecule has 0 unspecified atom stereocenters. The summed E-state index contributed by atoms with van der Waals surface area (Å²) in [5.74, 6) is 1.00. The second kappa shape index (κ2) is 6.73. The molecule has 1 aromatic heterocycles. The van der Waals surface area contributed by atoms with E-state index in [0.717, 1.165) is 29.8 Å². The molecule has 0 bridgehead atoms. The average Bonchev–Trinajstić information content (AvgIpc) is 2.67. The Kier molecular flexibility index (Phi) is 4.28. The minimum absolute atomic E-state index is 0.0358. The highest BCUT2D eigenvalue weighted by molar-refractivity contribution is 6.30. The first-order valence-corrected chi connectivity index (χ1v) is 8.74. The van der Waals surface area contributed by atoms with Crippen molar-refractivity contribution in [3.05, 3.63) is 71.2 Å². The van der Waals surface area contributed by atoms with Crippen LogP contribution in [0.4, 0.5) is 5.82 Å². The summed E-state index contributed by atoms with van der Waals surface area (Å²) in [4.78, 5) is 21.5. The first-order valence-electron chi connectivity index (χ1n) is 8.36. The number of piperazine rings is 1. The van der Waals surface area contributed by atoms with Crippen molar-refractivity contribution in [2.24, 2.45) is 0 Å². The Morgan fingerprint density at radius 1 is 0.920 bits per heavy atom. The van der Waals surface area contributed by atoms with E-state index in [4.69, 9.17) is 16.6 Å². The lowest BCUT2D eigenvalue weighted by molar-refractivity contribution is 0.0746. The summed E-state index contributed by atoms with van der Waals surface area (Å²) < 4.78 is 0. The summed E-state index contributed by atoms with van der Waals surface area (Å²) in [6.07, 6.45) is 0. The first kappa shape index (κ1) is 15.9. The number of hydrogen-bond donors (Lipinski definition) is 0. The van der Waals surface area contributed by atoms with Gasteiger partial charge in [0, 0.05) is 42.2 Å². The number of hydrogen-bond acceptors (Lipinski definition) is 3. The van der Waals surface area contributed by atoms with Gasteiger partial charge in [-0.05, 0) is 36.4 Å². The SMILES string of the molecule is O=C(c1cccc(Cl)c1)N1CCN(c2ccc3ccccc3n2)CC1. The number of halogens is 1. The quantitative estimate of drug-likeness (QED) is 0.703. The normalized spacial score (nSPS) is 14.8. The van der Waals surface area contributed by atoms with Gasteiger partial charge >= 0.3 is 0 Å². The number of pyridine rings is 1. The molecule has 1 amide bonds. The van der Waals surface area contributed by atoms with Crippen LogP contribution < -0.4 is 4.90 Å². The topological polar surface area (TPSA) is 36.4 Å². The molecule has 1 aliphatic heterocycles. The number of anilines is 1. The van der Waals surface area contributed by atoms with Crippen molar-refractivity contribution in [2.75, 3.05) is 31.1 Å². The molecule has 0 aliphatic carbocycles. The van der Waals surface area contributed by atoms with Crippen LogP contribution in [0.15, 0.2) is 60.7 Å². The third-order valence-corrected chi connectivity index (χ3v) is 4.78. The molecule has 2 aromatic carbocycles. The van der Waals surface area contributed by atoms with Crippen LogP contribution in [-0.2, 0) is 0 Å². The Labute approximate surface area is 151 Å². The third kappa shape index (κ3) is 3.30. The van der Waals surface area contributed by atoms with Crippen LogP contribution in [0.5, 0.6) is 0 Å². The average molecular weight is 352 g/mol. The van der Waals surface area contributed by atoms with Gasteiger partial charge in [-0.3, -0.25) is 4.79 Å². The molecule has 25 heavy (non-hydrogen) atoms. The fraction of sp³-hybridized carbons (Fsp3) is 0.200. The van der Waals surface area contributed by atoms with Crippen molar-refractivity contribution < 1.29 is 4.79 Å². The number of rotatable bonds is 2. The number of carbonyl (C=O) groups is 1. The Bertz CT molecular complexity index is 919. The van der Waals surface area contributed by atoms with E-state index in [-0.39, 0.29) is 5.91 Å². The Morgan fingerprint density at radius 2 is 1.72 bits per heavy atom. The number of fused-ring (bicyclic) bond motifs is 1. The standard InChI is InChI=1S/C20H18ClN3O/c21-17-6-3-5-16(14-17)20(25)24-12-10-23(11-13-24)19-9-8-15-4-1-2-7-18(15)22-19/h1-9,14H,10-13H2. The van der Waals surface area contributed by atoms with Crippen molar-refractivity contribution in [3.63, 3.8) is 0 Å². The van der Waals surface area contributed by atoms with Gasteiger partial charge in [-0.2, -0.15) is 0 Å². The van der Waals surface area contributed by atoms with E-state index in [1.54, 1.807) is 12.1 Å². The summed E-state index contributed by atoms with van der Waals surface area (Å²) in [7, 11) is 0. The zero-order valence-electron chi connectivity index (χ0n) is 13.7. The van der Waals surface area contributed by atoms with Gasteiger partial charge < -0.3 is 9.80 Å². The molecule has 1 aliphatic rings. The maximum Gasteiger partial charge on any atom is 0.254 e. The van der Waals surface area contributed by atoms with Gasteiger partial charge in [0.2, 0.25) is 0 Å². The van der Waals surface area contributed by atoms with E-state index >= 15 is 0 Å². The molecule has 126 valence electrons. The van der Waals surface area contributed by atoms with Gasteiger partial charge in [0.05, 0.1) is 5.52 Å². The van der Waals surface area contributed by atoms with E-state index < -0.39 is 0 Å². The number of benzene rings is 2. The fourth-order valence-electron chi connectivity index (χ4n) is 3.17. The van der Waals surface area contributed by atoms with Crippen LogP contribution in [0, 0.1) is 0 Å². The lowest BCUT2D eigenvalue weighted by atomic mass is 10.1. The highest BCUT2D eigenvalue weighted by Crippen LogP contribution is 2.20. The van der Waals surface area contributed by atoms with E-state index in [0.29, 0.717) is 23.7 Å². The van der Waals surface area contributed by atoms with E-state index in [2.05, 4.69) is 23.1 Å². The third-order valence-electron chi connectivity index (χ3n) is 4.55. The van der Waals surface area contributed by atoms with E-state index in [1.165, 1.54) is 0 Å². The molecule has 0 atom stereocenters. The monoisotopic (exact) mass is 351 g/mol. The molecule has 5 heteroatoms. The maximum atomic E-state index is 12.6. The number of nitrogens with zero attached hydrogens (tertiary/aromatic N) is 3. The Balaban J connectivity index is 1.46. The molecule has 3 aromatic rings. The molecule has 4 nitrogen and oxygen atoms in total. The zero-order valence-corrected chi connectivity index (χ0v) is 14.5. The lowest BCUT2D eigenvalue weighted by Crippen LogP contribution is -2.49. The molecular formula is C20H18ClN3O. The summed E-state index contributed by atoms with van der Waals surface area (Å²) in [5, 5.41) is 1.73. The molecule has 2 heterocycles. The number of amides is 1. The fourth-order valence-corrected chi connectivity index (χ4v) is 3.36. The summed E-state index contributed by atoms with van der Waals surface area (Å²) in [6.45, 7) is 2.91. The van der Waals surface area contributed by atoms with E-state index in [1.807, 2.05) is 35.2 Å². The maximum absolute atomic E-state index is 12.6. The molecule has 0 spiro atoms. The number of carbonyl (C=O) groups excluding carboxylic acids is 1. The van der Waals surface area contributed by atoms with Gasteiger partial charge in [-0.1, -0.05) is 35.9 Å². The molecular weight excluding hydrogens is 334 g/mol. The van der Waals surface area contributed by atoms with Crippen molar-refractivity contribution in [1.82, 2.24) is 9.88 Å². The molecule has 1 saturated heterocycles. The largest absolute Gasteiger partial charge is 0.353 e. The second-order valence-corrected chi connectivity index (χ2v) is 6.59. The zero-order chi connectivity index (χ0) is 17.2. The van der Waals surface area contributed by atoms with Crippen LogP contribution in [0.1, 0.15) is 10.4 Å². The molecule has 4 rings (SSSR count). The smallest absolute Gasteiger partial charge is 0.254 e. The number of aromatic nitrogens is 1. The minimum atomic E-state index is 0.0358. The molecule has 1 fully saturated rings. The molecule has 0 saturated carbocycles. The second-order valence-electron chi connectivity index (χ2n) is 6.15. The van der Waals surface area contributed by atoms with Gasteiger partial charge in [-0.25, -0.2) is 4.98 Å². The Hall–Kier alpha value is -2.59. The highest BCUT2D eigenvalue weighted by atomic mass is 35.5. The van der Waals surface area contributed by atoms with Gasteiger partial charge in [0.15, 0.2) is 0 Å². The lowest BCUT2D eigenvalue weighted by Gasteiger charge is -2.35. The highest BCUT2D eigenvalue weighted by Gasteiger charge is 2.23. The van der Waals surface area contributed by atoms with Crippen LogP contribution in [0.3, 0.4) is 0 Å². The summed E-state index contributed by atoms with van der Waals surface area (Å²) >= 11 is 5.99. The van der Waals surface area contributed by atoms with Crippen LogP contribution in [0.25, 0.3) is 10.9 Å². The summed E-state index contributed by atoms with van der Waals surface area (Å²) in [5.41, 5.74) is 1.64. The predicted molar refractivity (Wildman–Crippen MR) is 101 cm³/mol. The predicted octanol–water partition coefficient (Wildman–Crippen LogP) is 3.85. The van der Waals surface area contributed by atoms with Crippen LogP contribution in [-0.4, -0.2) is 42.0 Å². The summed E-state index contributed by atoms with van der Waals surface area (Å²) in [6, 6.07) is 19.4. The van der Waals surface area contributed by atoms with Gasteiger partial charge in [-0.15, -0.1) is 0 Å². The molecule has 0 N–H and O–H groups in total. The number of para-hydroxylation sites is 1.